The fourth-order valence-corrected chi connectivity index (χ4v) is 0.946. The first-order valence-corrected chi connectivity index (χ1v) is 2.99. The van der Waals surface area contributed by atoms with Crippen molar-refractivity contribution in [3.63, 3.8) is 0 Å². The molecule has 0 spiro atoms. The molecule has 1 fully saturated rings. The fourth-order valence-electron chi connectivity index (χ4n) is 0.946. The normalized spacial score (nSPS) is 33.8. The Hall–Kier alpha value is 0.250. The van der Waals surface area contributed by atoms with Gasteiger partial charge in [0.1, 0.15) is 0 Å². The maximum Gasteiger partial charge on any atom is -0.00209 e. The second kappa shape index (κ2) is 3.31. The fraction of sp³-hybridized carbons (Fsp3) is 1.00. The zero-order valence-electron chi connectivity index (χ0n) is 5.48. The van der Waals surface area contributed by atoms with Crippen LogP contribution in [-0.2, 0) is 0 Å². The molecule has 1 rings (SSSR count). The number of hydrogen-bond donors (Lipinski definition) is 1. The summed E-state index contributed by atoms with van der Waals surface area (Å²) in [6.45, 7) is 3.53. The summed E-state index contributed by atoms with van der Waals surface area (Å²) < 4.78 is 0. The number of halogens is 1. The zero-order chi connectivity index (χ0) is 5.28. The molecule has 1 N–H and O–H groups in total. The van der Waals surface area contributed by atoms with E-state index < -0.39 is 0 Å². The van der Waals surface area contributed by atoms with E-state index in [-0.39, 0.29) is 12.4 Å². The second-order valence-electron chi connectivity index (χ2n) is 2.53. The van der Waals surface area contributed by atoms with E-state index >= 15 is 0 Å². The molecule has 8 heavy (non-hydrogen) atoms. The van der Waals surface area contributed by atoms with E-state index in [1.54, 1.807) is 0 Å². The Balaban J connectivity index is 0.000000490. The quantitative estimate of drug-likeness (QED) is 0.602. The van der Waals surface area contributed by atoms with Gasteiger partial charge in [0, 0.05) is 0 Å². The highest BCUT2D eigenvalue weighted by Gasteiger charge is 2.30. The third-order valence-corrected chi connectivity index (χ3v) is 1.74. The van der Waals surface area contributed by atoms with E-state index in [0.717, 1.165) is 11.8 Å². The monoisotopic (exact) mass is 135 g/mol. The predicted octanol–water partition coefficient (Wildman–Crippen LogP) is 1.28. The lowest BCUT2D eigenvalue weighted by atomic mass is 10.3. The highest BCUT2D eigenvalue weighted by atomic mass is 35.5. The number of rotatable bonds is 2. The third kappa shape index (κ3) is 2.01. The first kappa shape index (κ1) is 8.25. The molecular weight excluding hydrogens is 122 g/mol. The van der Waals surface area contributed by atoms with Crippen LogP contribution in [0.15, 0.2) is 0 Å². The molecule has 0 saturated heterocycles. The lowest BCUT2D eigenvalue weighted by Crippen LogP contribution is -2.09. The summed E-state index contributed by atoms with van der Waals surface area (Å²) in [4.78, 5) is 0. The number of nitrogens with one attached hydrogen (secondary N) is 1. The van der Waals surface area contributed by atoms with Gasteiger partial charge in [0.25, 0.3) is 0 Å². The van der Waals surface area contributed by atoms with Gasteiger partial charge in [-0.15, -0.1) is 12.4 Å². The molecule has 0 amide bonds. The van der Waals surface area contributed by atoms with E-state index in [2.05, 4.69) is 12.2 Å². The van der Waals surface area contributed by atoms with Crippen molar-refractivity contribution in [2.45, 2.75) is 13.3 Å². The molecule has 2 atom stereocenters. The molecule has 0 aliphatic heterocycles. The van der Waals surface area contributed by atoms with Crippen LogP contribution in [0.25, 0.3) is 0 Å². The van der Waals surface area contributed by atoms with Gasteiger partial charge in [-0.3, -0.25) is 0 Å². The molecule has 1 aliphatic rings. The smallest absolute Gasteiger partial charge is 0.00209 e. The van der Waals surface area contributed by atoms with Crippen molar-refractivity contribution >= 4 is 12.4 Å². The van der Waals surface area contributed by atoms with Crippen molar-refractivity contribution < 1.29 is 0 Å². The first-order chi connectivity index (χ1) is 3.34. The minimum atomic E-state index is 0. The summed E-state index contributed by atoms with van der Waals surface area (Å²) in [6.07, 6.45) is 1.45. The molecule has 1 nitrogen and oxygen atoms in total. The summed E-state index contributed by atoms with van der Waals surface area (Å²) in [6, 6.07) is 0. The van der Waals surface area contributed by atoms with Crippen LogP contribution in [0.2, 0.25) is 0 Å². The van der Waals surface area contributed by atoms with E-state index in [1.807, 2.05) is 7.05 Å². The summed E-state index contributed by atoms with van der Waals surface area (Å²) in [5.41, 5.74) is 0. The van der Waals surface area contributed by atoms with Crippen LogP contribution in [0.4, 0.5) is 0 Å². The summed E-state index contributed by atoms with van der Waals surface area (Å²) in [5, 5.41) is 3.16. The molecule has 0 unspecified atom stereocenters. The van der Waals surface area contributed by atoms with Gasteiger partial charge in [-0.2, -0.15) is 0 Å². The standard InChI is InChI=1S/C6H13N.ClH/c1-5-3-6(5)4-7-2;/h5-7H,3-4H2,1-2H3;1H/t5-,6+;/m0./s1. The molecule has 0 aromatic rings. The summed E-state index contributed by atoms with van der Waals surface area (Å²) in [7, 11) is 2.02. The van der Waals surface area contributed by atoms with Crippen molar-refractivity contribution in [2.24, 2.45) is 11.8 Å². The average Bonchev–Trinajstić information content (AvgIpc) is 2.22. The van der Waals surface area contributed by atoms with Gasteiger partial charge in [0.05, 0.1) is 0 Å². The molecule has 0 radical (unpaired) electrons. The van der Waals surface area contributed by atoms with Crippen LogP contribution in [-0.4, -0.2) is 13.6 Å². The lowest BCUT2D eigenvalue weighted by Gasteiger charge is -1.90. The molecule has 0 bridgehead atoms. The highest BCUT2D eigenvalue weighted by molar-refractivity contribution is 5.85. The maximum atomic E-state index is 3.16. The average molecular weight is 136 g/mol. The molecule has 0 aromatic heterocycles. The molecular formula is C6H14ClN. The van der Waals surface area contributed by atoms with Gasteiger partial charge >= 0.3 is 0 Å². The highest BCUT2D eigenvalue weighted by Crippen LogP contribution is 2.36. The third-order valence-electron chi connectivity index (χ3n) is 1.74. The minimum Gasteiger partial charge on any atom is -0.319 e. The van der Waals surface area contributed by atoms with E-state index in [9.17, 15) is 0 Å². The Labute approximate surface area is 57.3 Å². The summed E-state index contributed by atoms with van der Waals surface area (Å²) in [5.74, 6) is 2.01. The van der Waals surface area contributed by atoms with Gasteiger partial charge in [-0.25, -0.2) is 0 Å². The van der Waals surface area contributed by atoms with Crippen LogP contribution in [0.3, 0.4) is 0 Å². The van der Waals surface area contributed by atoms with Crippen molar-refractivity contribution in [2.75, 3.05) is 13.6 Å². The van der Waals surface area contributed by atoms with E-state index in [4.69, 9.17) is 0 Å². The molecule has 0 heterocycles. The van der Waals surface area contributed by atoms with Gasteiger partial charge in [-0.05, 0) is 31.8 Å². The van der Waals surface area contributed by atoms with Crippen LogP contribution < -0.4 is 5.32 Å². The SMILES string of the molecule is CNC[C@H]1C[C@@H]1C.Cl. The Morgan fingerprint density at radius 2 is 2.12 bits per heavy atom. The zero-order valence-corrected chi connectivity index (χ0v) is 6.29. The Kier molecular flexibility index (Phi) is 3.41. The topological polar surface area (TPSA) is 12.0 Å². The predicted molar refractivity (Wildman–Crippen MR) is 38.4 cm³/mol. The van der Waals surface area contributed by atoms with Crippen LogP contribution in [0.5, 0.6) is 0 Å². The number of hydrogen-bond acceptors (Lipinski definition) is 1. The summed E-state index contributed by atoms with van der Waals surface area (Å²) >= 11 is 0. The Morgan fingerprint density at radius 1 is 1.62 bits per heavy atom. The van der Waals surface area contributed by atoms with E-state index in [0.29, 0.717) is 0 Å². The largest absolute Gasteiger partial charge is 0.319 e. The van der Waals surface area contributed by atoms with Gasteiger partial charge < -0.3 is 5.32 Å². The van der Waals surface area contributed by atoms with Gasteiger partial charge in [0.15, 0.2) is 0 Å². The Bertz CT molecular complexity index is 65.5. The second-order valence-corrected chi connectivity index (χ2v) is 2.53. The van der Waals surface area contributed by atoms with Crippen LogP contribution in [0, 0.1) is 11.8 Å². The van der Waals surface area contributed by atoms with Gasteiger partial charge in [-0.1, -0.05) is 6.92 Å². The molecule has 2 heteroatoms. The minimum absolute atomic E-state index is 0. The van der Waals surface area contributed by atoms with Gasteiger partial charge in [0.2, 0.25) is 0 Å². The van der Waals surface area contributed by atoms with Crippen molar-refractivity contribution in [3.05, 3.63) is 0 Å². The molecule has 1 aliphatic carbocycles. The molecule has 0 aromatic carbocycles. The van der Waals surface area contributed by atoms with Crippen molar-refractivity contribution in [1.82, 2.24) is 5.32 Å². The molecule has 1 saturated carbocycles. The maximum absolute atomic E-state index is 3.16. The van der Waals surface area contributed by atoms with Crippen molar-refractivity contribution in [1.29, 1.82) is 0 Å². The Morgan fingerprint density at radius 3 is 2.25 bits per heavy atom. The van der Waals surface area contributed by atoms with Crippen LogP contribution >= 0.6 is 12.4 Å². The van der Waals surface area contributed by atoms with E-state index in [1.165, 1.54) is 13.0 Å². The lowest BCUT2D eigenvalue weighted by molar-refractivity contribution is 0.672. The first-order valence-electron chi connectivity index (χ1n) is 2.99. The van der Waals surface area contributed by atoms with Crippen LogP contribution in [0.1, 0.15) is 13.3 Å². The molecule has 50 valence electrons. The van der Waals surface area contributed by atoms with Crippen molar-refractivity contribution in [3.8, 4) is 0 Å².